The molecule has 0 saturated heterocycles. The number of halogens is 1. The lowest BCUT2D eigenvalue weighted by Gasteiger charge is -2.25. The number of aromatic nitrogens is 4. The highest BCUT2D eigenvalue weighted by molar-refractivity contribution is 5.71. The van der Waals surface area contributed by atoms with Gasteiger partial charge in [0.05, 0.1) is 12.7 Å². The average Bonchev–Trinajstić information content (AvgIpc) is 3.24. The average molecular weight is 384 g/mol. The molecule has 0 radical (unpaired) electrons. The minimum absolute atomic E-state index is 0.285. The zero-order valence-corrected chi connectivity index (χ0v) is 15.4. The van der Waals surface area contributed by atoms with E-state index in [-0.39, 0.29) is 12.0 Å². The molecule has 4 rings (SSSR count). The van der Waals surface area contributed by atoms with Crippen molar-refractivity contribution in [2.45, 2.75) is 32.5 Å². The van der Waals surface area contributed by atoms with E-state index in [1.54, 1.807) is 16.9 Å². The zero-order valence-electron chi connectivity index (χ0n) is 15.4. The smallest absolute Gasteiger partial charge is 0.327 e. The van der Waals surface area contributed by atoms with Crippen molar-refractivity contribution in [2.75, 3.05) is 16.8 Å². The topological polar surface area (TPSA) is 98.8 Å². The quantitative estimate of drug-likeness (QED) is 0.605. The van der Waals surface area contributed by atoms with Crippen molar-refractivity contribution in [3.63, 3.8) is 0 Å². The molecule has 1 aliphatic rings. The summed E-state index contributed by atoms with van der Waals surface area (Å²) in [5.41, 5.74) is 1.02. The fourth-order valence-electron chi connectivity index (χ4n) is 3.43. The Hall–Kier alpha value is -3.36. The van der Waals surface area contributed by atoms with Crippen LogP contribution in [0.25, 0.3) is 0 Å². The molecule has 3 heterocycles. The van der Waals surface area contributed by atoms with E-state index < -0.39 is 11.2 Å². The number of hydrogen-bond acceptors (Lipinski definition) is 5. The Morgan fingerprint density at radius 2 is 2.11 bits per heavy atom. The molecule has 1 aliphatic heterocycles. The summed E-state index contributed by atoms with van der Waals surface area (Å²) in [6.07, 6.45) is 5.14. The van der Waals surface area contributed by atoms with Crippen LogP contribution in [0.3, 0.4) is 0 Å². The number of aromatic amines is 2. The Morgan fingerprint density at radius 3 is 2.89 bits per heavy atom. The second kappa shape index (κ2) is 7.34. The summed E-state index contributed by atoms with van der Waals surface area (Å²) in [6.45, 7) is 3.19. The van der Waals surface area contributed by atoms with Gasteiger partial charge >= 0.3 is 5.69 Å². The van der Waals surface area contributed by atoms with Gasteiger partial charge in [-0.3, -0.25) is 19.4 Å². The van der Waals surface area contributed by atoms with E-state index in [4.69, 9.17) is 0 Å². The summed E-state index contributed by atoms with van der Waals surface area (Å²) in [6, 6.07) is 6.38. The number of benzene rings is 1. The summed E-state index contributed by atoms with van der Waals surface area (Å²) in [7, 11) is 0. The highest BCUT2D eigenvalue weighted by Crippen LogP contribution is 2.36. The first kappa shape index (κ1) is 18.0. The maximum atomic E-state index is 13.4. The highest BCUT2D eigenvalue weighted by atomic mass is 19.1. The molecule has 1 aromatic carbocycles. The molecule has 0 amide bonds. The van der Waals surface area contributed by atoms with Crippen LogP contribution in [0, 0.1) is 5.82 Å². The Morgan fingerprint density at radius 1 is 1.25 bits per heavy atom. The van der Waals surface area contributed by atoms with E-state index in [2.05, 4.69) is 27.3 Å². The SMILES string of the molecule is CCCCN1c2[nH]c(=O)[nH]c(=O)c2NC1c1cnn(Cc2cccc(F)c2)c1. The van der Waals surface area contributed by atoms with Gasteiger partial charge in [-0.15, -0.1) is 0 Å². The summed E-state index contributed by atoms with van der Waals surface area (Å²) in [5, 5.41) is 7.56. The van der Waals surface area contributed by atoms with Crippen LogP contribution in [0.5, 0.6) is 0 Å². The molecular formula is C19H21FN6O2. The van der Waals surface area contributed by atoms with Gasteiger partial charge in [0.15, 0.2) is 0 Å². The number of fused-ring (bicyclic) bond motifs is 1. The molecule has 3 aromatic rings. The Bertz CT molecular complexity index is 1100. The number of H-pyrrole nitrogens is 2. The number of rotatable bonds is 6. The van der Waals surface area contributed by atoms with E-state index >= 15 is 0 Å². The van der Waals surface area contributed by atoms with Crippen LogP contribution in [0.4, 0.5) is 15.9 Å². The van der Waals surface area contributed by atoms with Gasteiger partial charge in [0, 0.05) is 18.3 Å². The van der Waals surface area contributed by atoms with Gasteiger partial charge in [-0.2, -0.15) is 5.10 Å². The summed E-state index contributed by atoms with van der Waals surface area (Å²) >= 11 is 0. The molecule has 146 valence electrons. The molecule has 8 nitrogen and oxygen atoms in total. The van der Waals surface area contributed by atoms with Crippen LogP contribution in [-0.4, -0.2) is 26.3 Å². The molecular weight excluding hydrogens is 363 g/mol. The van der Waals surface area contributed by atoms with E-state index in [1.165, 1.54) is 12.1 Å². The first-order chi connectivity index (χ1) is 13.5. The van der Waals surface area contributed by atoms with Crippen molar-refractivity contribution in [2.24, 2.45) is 0 Å². The fraction of sp³-hybridized carbons (Fsp3) is 0.316. The minimum atomic E-state index is -0.533. The number of unbranched alkanes of at least 4 members (excludes halogenated alkanes) is 1. The monoisotopic (exact) mass is 384 g/mol. The molecule has 3 N–H and O–H groups in total. The summed E-state index contributed by atoms with van der Waals surface area (Å²) < 4.78 is 15.1. The van der Waals surface area contributed by atoms with Crippen molar-refractivity contribution in [3.05, 3.63) is 74.4 Å². The molecule has 1 atom stereocenters. The first-order valence-electron chi connectivity index (χ1n) is 9.21. The molecule has 2 aromatic heterocycles. The normalized spacial score (nSPS) is 15.5. The molecule has 9 heteroatoms. The Balaban J connectivity index is 1.63. The third-order valence-electron chi connectivity index (χ3n) is 4.76. The van der Waals surface area contributed by atoms with Crippen LogP contribution < -0.4 is 21.5 Å². The molecule has 0 aliphatic carbocycles. The van der Waals surface area contributed by atoms with Crippen LogP contribution >= 0.6 is 0 Å². The van der Waals surface area contributed by atoms with Crippen molar-refractivity contribution in [1.29, 1.82) is 0 Å². The third-order valence-corrected chi connectivity index (χ3v) is 4.76. The molecule has 0 saturated carbocycles. The van der Waals surface area contributed by atoms with Crippen LogP contribution in [0.2, 0.25) is 0 Å². The minimum Gasteiger partial charge on any atom is -0.354 e. The van der Waals surface area contributed by atoms with Gasteiger partial charge in [0.1, 0.15) is 23.5 Å². The van der Waals surface area contributed by atoms with Gasteiger partial charge in [-0.05, 0) is 24.1 Å². The van der Waals surface area contributed by atoms with E-state index in [0.717, 1.165) is 24.0 Å². The van der Waals surface area contributed by atoms with Gasteiger partial charge < -0.3 is 10.2 Å². The number of nitrogens with zero attached hydrogens (tertiary/aromatic N) is 3. The van der Waals surface area contributed by atoms with Crippen molar-refractivity contribution < 1.29 is 4.39 Å². The van der Waals surface area contributed by atoms with E-state index in [0.29, 0.717) is 24.6 Å². The molecule has 0 bridgehead atoms. The Kier molecular flexibility index (Phi) is 4.72. The zero-order chi connectivity index (χ0) is 19.7. The third kappa shape index (κ3) is 3.42. The lowest BCUT2D eigenvalue weighted by atomic mass is 10.2. The van der Waals surface area contributed by atoms with Crippen molar-refractivity contribution in [3.8, 4) is 0 Å². The molecule has 0 spiro atoms. The molecule has 1 unspecified atom stereocenters. The van der Waals surface area contributed by atoms with Crippen LogP contribution in [-0.2, 0) is 6.54 Å². The van der Waals surface area contributed by atoms with Crippen LogP contribution in [0.1, 0.15) is 37.1 Å². The molecule has 0 fully saturated rings. The van der Waals surface area contributed by atoms with Gasteiger partial charge in [-0.25, -0.2) is 9.18 Å². The number of hydrogen-bond donors (Lipinski definition) is 3. The Labute approximate surface area is 160 Å². The second-order valence-corrected chi connectivity index (χ2v) is 6.83. The maximum absolute atomic E-state index is 13.4. The fourth-order valence-corrected chi connectivity index (χ4v) is 3.43. The van der Waals surface area contributed by atoms with Crippen molar-refractivity contribution >= 4 is 11.5 Å². The molecule has 28 heavy (non-hydrogen) atoms. The lowest BCUT2D eigenvalue weighted by Crippen LogP contribution is -2.30. The standard InChI is InChI=1S/C19H21FN6O2/c1-2-3-7-26-16(22-15-17(26)23-19(28)24-18(15)27)13-9-21-25(11-13)10-12-5-4-6-14(20)8-12/h4-6,8-9,11,16,22H,2-3,7,10H2,1H3,(H2,23,24,27,28). The van der Waals surface area contributed by atoms with Gasteiger partial charge in [-0.1, -0.05) is 25.5 Å². The van der Waals surface area contributed by atoms with E-state index in [1.807, 2.05) is 17.2 Å². The van der Waals surface area contributed by atoms with Gasteiger partial charge in [0.25, 0.3) is 5.56 Å². The lowest BCUT2D eigenvalue weighted by molar-refractivity contribution is 0.619. The maximum Gasteiger partial charge on any atom is 0.327 e. The van der Waals surface area contributed by atoms with E-state index in [9.17, 15) is 14.0 Å². The van der Waals surface area contributed by atoms with Crippen molar-refractivity contribution in [1.82, 2.24) is 19.7 Å². The summed E-state index contributed by atoms with van der Waals surface area (Å²) in [4.78, 5) is 30.9. The highest BCUT2D eigenvalue weighted by Gasteiger charge is 2.33. The van der Waals surface area contributed by atoms with Gasteiger partial charge in [0.2, 0.25) is 0 Å². The number of nitrogens with one attached hydrogen (secondary N) is 3. The second-order valence-electron chi connectivity index (χ2n) is 6.83. The predicted octanol–water partition coefficient (Wildman–Crippen LogP) is 2.18. The largest absolute Gasteiger partial charge is 0.354 e. The predicted molar refractivity (Wildman–Crippen MR) is 104 cm³/mol. The summed E-state index contributed by atoms with van der Waals surface area (Å²) in [5.74, 6) is 0.205. The first-order valence-corrected chi connectivity index (χ1v) is 9.21. The van der Waals surface area contributed by atoms with Crippen LogP contribution in [0.15, 0.2) is 46.2 Å². The number of anilines is 2.